The van der Waals surface area contributed by atoms with Gasteiger partial charge in [-0.2, -0.15) is 0 Å². The molecule has 0 saturated carbocycles. The first-order valence-electron chi connectivity index (χ1n) is 3.45. The molecule has 0 aliphatic heterocycles. The molecule has 0 rings (SSSR count). The van der Waals surface area contributed by atoms with Gasteiger partial charge in [-0.1, -0.05) is 0 Å². The SMILES string of the molecule is CCOCCC(=O)N[CH2][Hg]. The third-order valence-electron chi connectivity index (χ3n) is 1.000. The molecule has 0 aromatic rings. The Morgan fingerprint density at radius 3 is 2.90 bits per heavy atom. The minimum atomic E-state index is 0.114. The third kappa shape index (κ3) is 6.48. The standard InChI is InChI=1S/C6H12NO2.Hg/c1-3-9-5-4-6(8)7-2;/h2-5H2,1H3,(H,7,8);. The van der Waals surface area contributed by atoms with Crippen LogP contribution in [0, 0.1) is 0 Å². The number of hydrogen-bond acceptors (Lipinski definition) is 2. The molecular formula is C6H12HgNO2. The van der Waals surface area contributed by atoms with Gasteiger partial charge in [0.1, 0.15) is 0 Å². The molecular weight excluding hydrogens is 319 g/mol. The Labute approximate surface area is 77.5 Å². The Morgan fingerprint density at radius 1 is 1.70 bits per heavy atom. The van der Waals surface area contributed by atoms with Gasteiger partial charge in [-0.15, -0.1) is 0 Å². The zero-order chi connectivity index (χ0) is 7.82. The number of hydrogen-bond donors (Lipinski definition) is 1. The number of rotatable bonds is 5. The summed E-state index contributed by atoms with van der Waals surface area (Å²) in [5.41, 5.74) is 0. The molecule has 0 aliphatic rings. The second-order valence-electron chi connectivity index (χ2n) is 1.80. The summed E-state index contributed by atoms with van der Waals surface area (Å²) >= 11 is 0.673. The monoisotopic (exact) mass is 332 g/mol. The van der Waals surface area contributed by atoms with Crippen molar-refractivity contribution in [2.75, 3.05) is 17.3 Å². The fourth-order valence-electron chi connectivity index (χ4n) is 0.537. The van der Waals surface area contributed by atoms with E-state index in [1.54, 1.807) is 0 Å². The van der Waals surface area contributed by atoms with Gasteiger partial charge in [-0.05, 0) is 0 Å². The molecule has 0 atom stereocenters. The van der Waals surface area contributed by atoms with Gasteiger partial charge in [0.15, 0.2) is 0 Å². The van der Waals surface area contributed by atoms with E-state index >= 15 is 0 Å². The molecule has 0 saturated heterocycles. The second kappa shape index (κ2) is 7.47. The molecule has 0 fully saturated rings. The molecule has 0 heterocycles. The van der Waals surface area contributed by atoms with Gasteiger partial charge in [0.2, 0.25) is 0 Å². The van der Waals surface area contributed by atoms with Crippen molar-refractivity contribution in [3.05, 3.63) is 0 Å². The number of amides is 1. The van der Waals surface area contributed by atoms with Gasteiger partial charge in [0.05, 0.1) is 0 Å². The van der Waals surface area contributed by atoms with Crippen LogP contribution in [0.2, 0.25) is 0 Å². The van der Waals surface area contributed by atoms with Crippen molar-refractivity contribution in [2.45, 2.75) is 13.3 Å². The van der Waals surface area contributed by atoms with E-state index in [1.807, 2.05) is 6.92 Å². The summed E-state index contributed by atoms with van der Waals surface area (Å²) in [4.78, 5) is 10.8. The average molecular weight is 331 g/mol. The number of ether oxygens (including phenoxy) is 1. The molecule has 0 unspecified atom stereocenters. The van der Waals surface area contributed by atoms with E-state index in [4.69, 9.17) is 4.74 Å². The summed E-state index contributed by atoms with van der Waals surface area (Å²) in [6, 6.07) is 0. The Bertz CT molecular complexity index is 97.7. The summed E-state index contributed by atoms with van der Waals surface area (Å²) in [5.74, 6) is 0.114. The van der Waals surface area contributed by atoms with E-state index in [0.29, 0.717) is 45.8 Å². The van der Waals surface area contributed by atoms with Gasteiger partial charge in [0.25, 0.3) is 0 Å². The Balaban J connectivity index is 3.05. The molecule has 0 aromatic carbocycles. The summed E-state index contributed by atoms with van der Waals surface area (Å²) in [5, 5.41) is 2.77. The van der Waals surface area contributed by atoms with Crippen LogP contribution in [0.1, 0.15) is 13.3 Å². The Hall–Kier alpha value is 0.365. The fraction of sp³-hybridized carbons (Fsp3) is 0.833. The van der Waals surface area contributed by atoms with Gasteiger partial charge < -0.3 is 0 Å². The van der Waals surface area contributed by atoms with Crippen LogP contribution >= 0.6 is 0 Å². The molecule has 1 N–H and O–H groups in total. The summed E-state index contributed by atoms with van der Waals surface area (Å²) < 4.78 is 5.90. The maximum atomic E-state index is 10.8. The molecule has 55 valence electrons. The summed E-state index contributed by atoms with van der Waals surface area (Å²) in [6.07, 6.45) is 0.505. The third-order valence-corrected chi connectivity index (χ3v) is 1.97. The van der Waals surface area contributed by atoms with Crippen molar-refractivity contribution < 1.29 is 35.7 Å². The Morgan fingerprint density at radius 2 is 2.40 bits per heavy atom. The first-order valence-corrected chi connectivity index (χ1v) is 7.33. The van der Waals surface area contributed by atoms with Crippen LogP contribution in [0.3, 0.4) is 0 Å². The predicted molar refractivity (Wildman–Crippen MR) is 34.1 cm³/mol. The van der Waals surface area contributed by atoms with Crippen molar-refractivity contribution in [3.8, 4) is 0 Å². The van der Waals surface area contributed by atoms with E-state index in [2.05, 4.69) is 5.32 Å². The van der Waals surface area contributed by atoms with Crippen LogP contribution < -0.4 is 5.32 Å². The van der Waals surface area contributed by atoms with Crippen LogP contribution in [0.5, 0.6) is 0 Å². The van der Waals surface area contributed by atoms with Crippen LogP contribution in [-0.2, 0) is 35.7 Å². The van der Waals surface area contributed by atoms with Gasteiger partial charge >= 0.3 is 77.5 Å². The first kappa shape index (κ1) is 10.4. The van der Waals surface area contributed by atoms with Crippen molar-refractivity contribution in [1.82, 2.24) is 5.32 Å². The van der Waals surface area contributed by atoms with Crippen LogP contribution in [0.25, 0.3) is 0 Å². The zero-order valence-electron chi connectivity index (χ0n) is 6.35. The number of carbonyl (C=O) groups excluding carboxylic acids is 1. The zero-order valence-corrected chi connectivity index (χ0v) is 11.8. The Kier molecular flexibility index (Phi) is 7.74. The van der Waals surface area contributed by atoms with Crippen LogP contribution in [0.4, 0.5) is 0 Å². The molecule has 4 heteroatoms. The van der Waals surface area contributed by atoms with E-state index in [1.165, 1.54) is 0 Å². The van der Waals surface area contributed by atoms with Gasteiger partial charge in [0, 0.05) is 0 Å². The van der Waals surface area contributed by atoms with Crippen LogP contribution in [0.15, 0.2) is 0 Å². The maximum absolute atomic E-state index is 10.8. The van der Waals surface area contributed by atoms with Crippen molar-refractivity contribution in [2.24, 2.45) is 0 Å². The second-order valence-corrected chi connectivity index (χ2v) is 3.74. The summed E-state index contributed by atoms with van der Waals surface area (Å²) in [6.45, 7) is 3.17. The average Bonchev–Trinajstić information content (AvgIpc) is 1.89. The quantitative estimate of drug-likeness (QED) is 0.571. The van der Waals surface area contributed by atoms with E-state index in [-0.39, 0.29) is 5.91 Å². The molecule has 10 heavy (non-hydrogen) atoms. The molecule has 1 amide bonds. The van der Waals surface area contributed by atoms with Crippen molar-refractivity contribution >= 4 is 5.91 Å². The fourth-order valence-corrected chi connectivity index (χ4v) is 1.62. The van der Waals surface area contributed by atoms with E-state index in [9.17, 15) is 4.79 Å². The topological polar surface area (TPSA) is 38.3 Å². The van der Waals surface area contributed by atoms with E-state index < -0.39 is 0 Å². The minimum absolute atomic E-state index is 0.114. The number of nitrogens with one attached hydrogen (secondary N) is 1. The predicted octanol–water partition coefficient (Wildman–Crippen LogP) is 0.0335. The molecule has 0 aromatic heterocycles. The molecule has 3 nitrogen and oxygen atoms in total. The van der Waals surface area contributed by atoms with Crippen LogP contribution in [-0.4, -0.2) is 23.2 Å². The van der Waals surface area contributed by atoms with Crippen molar-refractivity contribution in [3.63, 3.8) is 0 Å². The summed E-state index contributed by atoms with van der Waals surface area (Å²) in [7, 11) is 0. The number of carbonyl (C=O) groups is 1. The molecule has 0 radical (unpaired) electrons. The molecule has 0 aliphatic carbocycles. The first-order chi connectivity index (χ1) is 4.81. The van der Waals surface area contributed by atoms with E-state index in [0.717, 1.165) is 4.05 Å². The normalized spacial score (nSPS) is 9.50. The van der Waals surface area contributed by atoms with Crippen molar-refractivity contribution in [1.29, 1.82) is 0 Å². The molecule has 0 bridgehead atoms. The molecule has 0 spiro atoms. The van der Waals surface area contributed by atoms with Gasteiger partial charge in [-0.3, -0.25) is 0 Å². The van der Waals surface area contributed by atoms with Gasteiger partial charge in [-0.25, -0.2) is 0 Å².